The maximum Gasteiger partial charge on any atom is 0.339 e. The van der Waals surface area contributed by atoms with Crippen molar-refractivity contribution in [1.82, 2.24) is 0 Å². The molecule has 5 heteroatoms. The van der Waals surface area contributed by atoms with Gasteiger partial charge in [-0.2, -0.15) is 0 Å². The van der Waals surface area contributed by atoms with Gasteiger partial charge in [-0.15, -0.1) is 0 Å². The van der Waals surface area contributed by atoms with E-state index < -0.39 is 17.5 Å². The summed E-state index contributed by atoms with van der Waals surface area (Å²) in [4.78, 5) is 12.1. The molecular weight excluding hydrogens is 452 g/mol. The number of phenols is 2. The van der Waals surface area contributed by atoms with Gasteiger partial charge >= 0.3 is 5.97 Å². The lowest BCUT2D eigenvalue weighted by Gasteiger charge is -2.21. The van der Waals surface area contributed by atoms with Gasteiger partial charge in [0, 0.05) is 5.56 Å². The second-order valence-electron chi connectivity index (χ2n) is 10.3. The topological polar surface area (TPSA) is 87.0 Å². The van der Waals surface area contributed by atoms with E-state index in [9.17, 15) is 20.1 Å². The minimum Gasteiger partial charge on any atom is -0.504 e. The Hall–Kier alpha value is -1.91. The molecule has 0 aliphatic carbocycles. The summed E-state index contributed by atoms with van der Waals surface area (Å²) in [5.41, 5.74) is 1.29. The lowest BCUT2D eigenvalue weighted by atomic mass is 9.90. The number of ether oxygens (including phenoxy) is 1. The number of carboxylic acid groups (broad SMARTS) is 1. The Kier molecular flexibility index (Phi) is 18.0. The molecule has 0 aliphatic heterocycles. The van der Waals surface area contributed by atoms with Crippen LogP contribution in [0.2, 0.25) is 0 Å². The average Bonchev–Trinajstić information content (AvgIpc) is 2.86. The molecule has 5 nitrogen and oxygen atoms in total. The van der Waals surface area contributed by atoms with Gasteiger partial charge in [0.1, 0.15) is 5.56 Å². The van der Waals surface area contributed by atoms with Crippen LogP contribution in [-0.2, 0) is 12.8 Å². The van der Waals surface area contributed by atoms with Crippen molar-refractivity contribution in [3.8, 4) is 17.2 Å². The van der Waals surface area contributed by atoms with E-state index in [2.05, 4.69) is 20.8 Å². The molecule has 0 atom stereocenters. The van der Waals surface area contributed by atoms with Crippen molar-refractivity contribution in [1.29, 1.82) is 0 Å². The zero-order chi connectivity index (χ0) is 26.6. The summed E-state index contributed by atoms with van der Waals surface area (Å²) in [6.07, 6.45) is 21.9. The lowest BCUT2D eigenvalue weighted by Crippen LogP contribution is -2.11. The van der Waals surface area contributed by atoms with Gasteiger partial charge in [-0.3, -0.25) is 0 Å². The standard InChI is InChI=1S/C31H54O5/c1-4-7-10-12-14-16-18-20-22-25-26(23-21-19-17-15-13-11-8-5-2)30(36-24-9-6-3)29(33)28(32)27(25)31(34)35/h32-33H,4-24H2,1-3H3,(H,34,35). The van der Waals surface area contributed by atoms with Crippen LogP contribution in [0.1, 0.15) is 158 Å². The predicted molar refractivity (Wildman–Crippen MR) is 150 cm³/mol. The highest BCUT2D eigenvalue weighted by Gasteiger charge is 2.28. The molecular formula is C31H54O5. The minimum atomic E-state index is -1.19. The number of aromatic carboxylic acids is 1. The molecule has 0 aliphatic rings. The third-order valence-electron chi connectivity index (χ3n) is 7.14. The van der Waals surface area contributed by atoms with Crippen LogP contribution in [0, 0.1) is 0 Å². The number of carboxylic acids is 1. The molecule has 208 valence electrons. The third-order valence-corrected chi connectivity index (χ3v) is 7.14. The Morgan fingerprint density at radius 1 is 0.583 bits per heavy atom. The molecule has 0 fully saturated rings. The summed E-state index contributed by atoms with van der Waals surface area (Å²) in [5.74, 6) is -1.86. The predicted octanol–water partition coefficient (Wildman–Crippen LogP) is 9.34. The second kappa shape index (κ2) is 20.2. The van der Waals surface area contributed by atoms with E-state index in [1.165, 1.54) is 70.6 Å². The Morgan fingerprint density at radius 3 is 1.44 bits per heavy atom. The summed E-state index contributed by atoms with van der Waals surface area (Å²) in [7, 11) is 0. The van der Waals surface area contributed by atoms with Crippen molar-refractivity contribution >= 4 is 5.97 Å². The summed E-state index contributed by atoms with van der Waals surface area (Å²) >= 11 is 0. The van der Waals surface area contributed by atoms with E-state index in [1.807, 2.05) is 0 Å². The van der Waals surface area contributed by atoms with Crippen LogP contribution >= 0.6 is 0 Å². The Balaban J connectivity index is 2.97. The van der Waals surface area contributed by atoms with Crippen LogP contribution < -0.4 is 4.74 Å². The first kappa shape index (κ1) is 32.1. The normalized spacial score (nSPS) is 11.2. The van der Waals surface area contributed by atoms with Crippen LogP contribution in [0.5, 0.6) is 17.2 Å². The summed E-state index contributed by atoms with van der Waals surface area (Å²) in [6.45, 7) is 6.96. The van der Waals surface area contributed by atoms with Gasteiger partial charge in [-0.1, -0.05) is 117 Å². The Bertz CT molecular complexity index is 728. The lowest BCUT2D eigenvalue weighted by molar-refractivity contribution is 0.0691. The largest absolute Gasteiger partial charge is 0.504 e. The van der Waals surface area contributed by atoms with E-state index in [0.29, 0.717) is 30.8 Å². The SMILES string of the molecule is CCCCCCCCCCc1c(CCCCCCCCCC)c(C(=O)O)c(O)c(O)c1OCCCC. The Labute approximate surface area is 220 Å². The number of unbranched alkanes of at least 4 members (excludes halogenated alkanes) is 15. The van der Waals surface area contributed by atoms with E-state index in [4.69, 9.17) is 4.74 Å². The van der Waals surface area contributed by atoms with Gasteiger partial charge in [0.2, 0.25) is 5.75 Å². The summed E-state index contributed by atoms with van der Waals surface area (Å²) in [5, 5.41) is 31.3. The van der Waals surface area contributed by atoms with Crippen molar-refractivity contribution in [2.24, 2.45) is 0 Å². The van der Waals surface area contributed by atoms with Crippen LogP contribution in [0.3, 0.4) is 0 Å². The van der Waals surface area contributed by atoms with Crippen LogP contribution in [0.4, 0.5) is 0 Å². The monoisotopic (exact) mass is 506 g/mol. The number of hydrogen-bond donors (Lipinski definition) is 3. The molecule has 0 radical (unpaired) electrons. The van der Waals surface area contributed by atoms with Crippen LogP contribution in [-0.4, -0.2) is 27.9 Å². The minimum absolute atomic E-state index is 0.146. The maximum atomic E-state index is 12.1. The first-order valence-electron chi connectivity index (χ1n) is 14.9. The molecule has 1 rings (SSSR count). The zero-order valence-electron chi connectivity index (χ0n) is 23.5. The summed E-state index contributed by atoms with van der Waals surface area (Å²) < 4.78 is 5.97. The summed E-state index contributed by atoms with van der Waals surface area (Å²) in [6, 6.07) is 0. The van der Waals surface area contributed by atoms with Crippen LogP contribution in [0.25, 0.3) is 0 Å². The first-order chi connectivity index (χ1) is 17.5. The van der Waals surface area contributed by atoms with Crippen molar-refractivity contribution < 1.29 is 24.9 Å². The third kappa shape index (κ3) is 11.9. The highest BCUT2D eigenvalue weighted by molar-refractivity contribution is 5.95. The van der Waals surface area contributed by atoms with Gasteiger partial charge in [0.25, 0.3) is 0 Å². The van der Waals surface area contributed by atoms with Gasteiger partial charge in [-0.05, 0) is 37.7 Å². The van der Waals surface area contributed by atoms with E-state index in [1.54, 1.807) is 0 Å². The highest BCUT2D eigenvalue weighted by atomic mass is 16.5. The molecule has 1 aromatic rings. The molecule has 0 saturated heterocycles. The maximum absolute atomic E-state index is 12.1. The fourth-order valence-corrected chi connectivity index (χ4v) is 4.92. The van der Waals surface area contributed by atoms with Gasteiger partial charge in [0.05, 0.1) is 6.61 Å². The van der Waals surface area contributed by atoms with E-state index in [-0.39, 0.29) is 5.56 Å². The van der Waals surface area contributed by atoms with Crippen molar-refractivity contribution in [3.05, 3.63) is 16.7 Å². The number of carbonyl (C=O) groups is 1. The average molecular weight is 507 g/mol. The van der Waals surface area contributed by atoms with Crippen LogP contribution in [0.15, 0.2) is 0 Å². The van der Waals surface area contributed by atoms with Gasteiger partial charge < -0.3 is 20.1 Å². The Morgan fingerprint density at radius 2 is 1.00 bits per heavy atom. The highest BCUT2D eigenvalue weighted by Crippen LogP contribution is 2.45. The molecule has 0 spiro atoms. The fourth-order valence-electron chi connectivity index (χ4n) is 4.92. The number of phenolic OH excluding ortho intramolecular Hbond substituents is 1. The quantitative estimate of drug-likeness (QED) is 0.102. The molecule has 0 aromatic heterocycles. The first-order valence-corrected chi connectivity index (χ1v) is 14.9. The van der Waals surface area contributed by atoms with Crippen molar-refractivity contribution in [3.63, 3.8) is 0 Å². The molecule has 0 bridgehead atoms. The van der Waals surface area contributed by atoms with Gasteiger partial charge in [0.15, 0.2) is 11.5 Å². The molecule has 36 heavy (non-hydrogen) atoms. The van der Waals surface area contributed by atoms with Crippen molar-refractivity contribution in [2.75, 3.05) is 6.61 Å². The van der Waals surface area contributed by atoms with Gasteiger partial charge in [-0.25, -0.2) is 4.79 Å². The fraction of sp³-hybridized carbons (Fsp3) is 0.774. The second-order valence-corrected chi connectivity index (χ2v) is 10.3. The zero-order valence-corrected chi connectivity index (χ0v) is 23.5. The number of aromatic hydroxyl groups is 2. The van der Waals surface area contributed by atoms with Crippen molar-refractivity contribution in [2.45, 2.75) is 149 Å². The number of hydrogen-bond acceptors (Lipinski definition) is 4. The van der Waals surface area contributed by atoms with E-state index >= 15 is 0 Å². The molecule has 1 aromatic carbocycles. The molecule has 0 unspecified atom stereocenters. The smallest absolute Gasteiger partial charge is 0.339 e. The van der Waals surface area contributed by atoms with E-state index in [0.717, 1.165) is 50.5 Å². The number of rotatable bonds is 23. The molecule has 3 N–H and O–H groups in total. The molecule has 0 heterocycles. The molecule has 0 amide bonds. The number of benzene rings is 1. The molecule has 0 saturated carbocycles.